The molecule has 0 unspecified atom stereocenters. The van der Waals surface area contributed by atoms with Crippen LogP contribution < -0.4 is 0 Å². The van der Waals surface area contributed by atoms with E-state index < -0.39 is 43.0 Å². The van der Waals surface area contributed by atoms with Crippen LogP contribution in [-0.4, -0.2) is 95.1 Å². The number of ketones is 1. The Hall–Kier alpha value is 2.85. The summed E-state index contributed by atoms with van der Waals surface area (Å²) in [5.74, 6) is -0.423. The molecule has 0 atom stereocenters. The van der Waals surface area contributed by atoms with Gasteiger partial charge in [0.25, 0.3) is 0 Å². The summed E-state index contributed by atoms with van der Waals surface area (Å²) in [4.78, 5) is 9.17. The summed E-state index contributed by atoms with van der Waals surface area (Å²) in [6.07, 6.45) is 0. The Kier molecular flexibility index (Phi) is 46.9. The van der Waals surface area contributed by atoms with Crippen molar-refractivity contribution >= 4 is 89.7 Å². The SMILES string of the molecule is CC.CC(C)=O.CC1(C)OCC(CO)(CO)CO1.I.OCC(CO)(CO)CO.[CH2-]C.[I][V]([I])[I]. The minimum absolute atomic E-state index is 0. The van der Waals surface area contributed by atoms with Gasteiger partial charge in [0.2, 0.25) is 0 Å². The van der Waals surface area contributed by atoms with E-state index in [2.05, 4.69) is 66.9 Å². The van der Waals surface area contributed by atoms with Crippen LogP contribution in [0.2, 0.25) is 0 Å². The number of Topliss-reactive ketones (excluding diaryl/α,β-unsaturated/α-hetero) is 1. The third-order valence-electron chi connectivity index (χ3n) is 3.46. The van der Waals surface area contributed by atoms with Gasteiger partial charge in [-0.1, -0.05) is 13.8 Å². The van der Waals surface area contributed by atoms with E-state index in [-0.39, 0.29) is 47.9 Å². The summed E-state index contributed by atoms with van der Waals surface area (Å²) in [5, 5.41) is 52.0. The number of carbonyl (C=O) groups is 1. The van der Waals surface area contributed by atoms with Crippen molar-refractivity contribution in [2.24, 2.45) is 10.8 Å². The third-order valence-corrected chi connectivity index (χ3v) is 3.46. The van der Waals surface area contributed by atoms with Gasteiger partial charge in [0.05, 0.1) is 63.7 Å². The van der Waals surface area contributed by atoms with E-state index in [1.165, 1.54) is 13.8 Å². The molecule has 214 valence electrons. The molecule has 0 aliphatic carbocycles. The molecular formula is C20H46I4O9V-. The van der Waals surface area contributed by atoms with Gasteiger partial charge in [-0.25, -0.2) is 0 Å². The van der Waals surface area contributed by atoms with E-state index in [0.29, 0.717) is 13.2 Å². The Morgan fingerprint density at radius 2 is 1.06 bits per heavy atom. The van der Waals surface area contributed by atoms with Crippen LogP contribution in [0.5, 0.6) is 0 Å². The van der Waals surface area contributed by atoms with Crippen molar-refractivity contribution in [3.05, 3.63) is 6.92 Å². The van der Waals surface area contributed by atoms with Gasteiger partial charge in [-0.05, 0) is 27.7 Å². The summed E-state index contributed by atoms with van der Waals surface area (Å²) in [7, 11) is 0. The number of hydrogen-bond acceptors (Lipinski definition) is 9. The van der Waals surface area contributed by atoms with Crippen LogP contribution in [0.3, 0.4) is 0 Å². The number of ether oxygens (including phenoxy) is 2. The summed E-state index contributed by atoms with van der Waals surface area (Å²) in [6, 6.07) is 0. The van der Waals surface area contributed by atoms with E-state index >= 15 is 0 Å². The Morgan fingerprint density at radius 3 is 1.18 bits per heavy atom. The molecule has 0 saturated carbocycles. The molecule has 0 spiro atoms. The van der Waals surface area contributed by atoms with Crippen LogP contribution in [0.25, 0.3) is 0 Å². The van der Waals surface area contributed by atoms with E-state index in [4.69, 9.17) is 40.1 Å². The van der Waals surface area contributed by atoms with Crippen LogP contribution in [0, 0.1) is 17.8 Å². The zero-order valence-corrected chi connectivity index (χ0v) is 31.5. The molecule has 0 amide bonds. The molecular weight excluding hydrogens is 943 g/mol. The molecule has 9 nitrogen and oxygen atoms in total. The van der Waals surface area contributed by atoms with Gasteiger partial charge in [-0.2, -0.15) is 6.92 Å². The molecule has 34 heavy (non-hydrogen) atoms. The molecule has 0 aromatic heterocycles. The number of aliphatic hydroxyl groups excluding tert-OH is 6. The van der Waals surface area contributed by atoms with E-state index in [1.807, 2.05) is 27.7 Å². The zero-order valence-electron chi connectivity index (χ0n) is 21.3. The third kappa shape index (κ3) is 32.9. The zero-order chi connectivity index (χ0) is 27.7. The molecule has 0 radical (unpaired) electrons. The number of halogens is 4. The van der Waals surface area contributed by atoms with Gasteiger partial charge in [-0.15, -0.1) is 24.0 Å². The van der Waals surface area contributed by atoms with Gasteiger partial charge < -0.3 is 51.8 Å². The predicted octanol–water partition coefficient (Wildman–Crippen LogP) is 3.42. The van der Waals surface area contributed by atoms with Crippen LogP contribution in [0.4, 0.5) is 0 Å². The second-order valence-corrected chi connectivity index (χ2v) is 42.4. The van der Waals surface area contributed by atoms with Crippen LogP contribution >= 0.6 is 83.9 Å². The summed E-state index contributed by atoms with van der Waals surface area (Å²) in [6.45, 7) is 14.5. The maximum atomic E-state index is 9.44. The fourth-order valence-electron chi connectivity index (χ4n) is 1.27. The number of hydrogen-bond donors (Lipinski definition) is 6. The maximum absolute atomic E-state index is 9.44. The van der Waals surface area contributed by atoms with Gasteiger partial charge in [0.15, 0.2) is 5.79 Å². The second-order valence-electron chi connectivity index (χ2n) is 7.03. The van der Waals surface area contributed by atoms with Crippen molar-refractivity contribution < 1.29 is 49.8 Å². The van der Waals surface area contributed by atoms with Crippen molar-refractivity contribution in [2.75, 3.05) is 52.9 Å². The molecule has 1 saturated heterocycles. The van der Waals surface area contributed by atoms with Crippen LogP contribution in [-0.2, 0) is 19.2 Å². The van der Waals surface area contributed by atoms with Crippen molar-refractivity contribution in [1.29, 1.82) is 0 Å². The van der Waals surface area contributed by atoms with Crippen molar-refractivity contribution in [1.82, 2.24) is 0 Å². The van der Waals surface area contributed by atoms with E-state index in [0.717, 1.165) is 0 Å². The molecule has 1 rings (SSSR count). The van der Waals surface area contributed by atoms with Gasteiger partial charge in [0, 0.05) is 0 Å². The topological polar surface area (TPSA) is 157 Å². The molecule has 1 heterocycles. The average Bonchev–Trinajstić information content (AvgIpc) is 2.79. The standard InChI is InChI=1S/C8H16O4.C5H12O4.C3H6O.C2H6.C2H5.4HI.V/c1-7(2)11-5-8(3-9,4-10)6-12-7;6-1-5(2-7,3-8)4-9;1-3(2)4;2*1-2;;;;;/h9-10H,3-6H2,1-2H3;6-9H,1-4H2;1-2H3;1-2H3;1H2,2H3;4*1H;/q;;;;-1;;;;;+3/p-3. The normalized spacial score (nSPS) is 14.9. The molecule has 1 aliphatic heterocycles. The van der Waals surface area contributed by atoms with Crippen LogP contribution in [0.15, 0.2) is 0 Å². The molecule has 6 N–H and O–H groups in total. The Morgan fingerprint density at radius 1 is 0.853 bits per heavy atom. The first-order chi connectivity index (χ1) is 15.2. The minimum atomic E-state index is -1.11. The predicted molar refractivity (Wildman–Crippen MR) is 170 cm³/mol. The Balaban J connectivity index is -0.0000000790. The van der Waals surface area contributed by atoms with Crippen molar-refractivity contribution in [3.8, 4) is 0 Å². The fraction of sp³-hybridized carbons (Fsp3) is 0.900. The Bertz CT molecular complexity index is 377. The number of carbonyl (C=O) groups excluding carboxylic acids is 1. The van der Waals surface area contributed by atoms with Gasteiger partial charge >= 0.3 is 64.9 Å². The molecule has 0 bridgehead atoms. The van der Waals surface area contributed by atoms with E-state index in [1.54, 1.807) is 6.92 Å². The van der Waals surface area contributed by atoms with Gasteiger partial charge in [-0.3, -0.25) is 0 Å². The molecule has 1 fully saturated rings. The molecule has 1 aliphatic rings. The van der Waals surface area contributed by atoms with Gasteiger partial charge in [0.1, 0.15) is 5.78 Å². The summed E-state index contributed by atoms with van der Waals surface area (Å²) in [5.41, 5.74) is -1.73. The molecule has 0 aromatic rings. The monoisotopic (exact) mass is 989 g/mol. The first-order valence-electron chi connectivity index (χ1n) is 10.1. The fourth-order valence-corrected chi connectivity index (χ4v) is 1.27. The summed E-state index contributed by atoms with van der Waals surface area (Å²) < 4.78 is 10.6. The first-order valence-corrected chi connectivity index (χ1v) is 23.6. The first kappa shape index (κ1) is 49.8. The molecule has 14 heteroatoms. The van der Waals surface area contributed by atoms with Crippen molar-refractivity contribution in [3.63, 3.8) is 0 Å². The van der Waals surface area contributed by atoms with Crippen molar-refractivity contribution in [2.45, 2.75) is 54.3 Å². The van der Waals surface area contributed by atoms with E-state index in [9.17, 15) is 4.79 Å². The second kappa shape index (κ2) is 32.1. The average molecular weight is 989 g/mol. The Labute approximate surface area is 261 Å². The molecule has 0 aromatic carbocycles. The number of aliphatic hydroxyl groups is 6. The summed E-state index contributed by atoms with van der Waals surface area (Å²) >= 11 is 7.39. The number of rotatable bonds is 6. The van der Waals surface area contributed by atoms with Crippen LogP contribution in [0.1, 0.15) is 48.5 Å². The quantitative estimate of drug-likeness (QED) is 0.174.